The van der Waals surface area contributed by atoms with Crippen LogP contribution in [0.5, 0.6) is 0 Å². The topological polar surface area (TPSA) is 71.8 Å². The van der Waals surface area contributed by atoms with Gasteiger partial charge >= 0.3 is 0 Å². The summed E-state index contributed by atoms with van der Waals surface area (Å²) in [5.41, 5.74) is 1.84. The Kier molecular flexibility index (Phi) is 3.65. The van der Waals surface area contributed by atoms with Gasteiger partial charge in [-0.25, -0.2) is 9.97 Å². The molecular weight excluding hydrogens is 358 g/mol. The number of amides is 1. The molecule has 0 spiro atoms. The number of thiophene rings is 1. The smallest absolute Gasteiger partial charge is 0.263 e. The zero-order valence-electron chi connectivity index (χ0n) is 15.1. The minimum atomic E-state index is -0.00701. The molecule has 0 fully saturated rings. The molecule has 4 heterocycles. The summed E-state index contributed by atoms with van der Waals surface area (Å²) in [5.74, 6) is 1.84. The predicted octanol–water partition coefficient (Wildman–Crippen LogP) is 3.74. The first-order chi connectivity index (χ1) is 13.2. The molecule has 0 unspecified atom stereocenters. The van der Waals surface area contributed by atoms with E-state index in [2.05, 4.69) is 34.7 Å². The number of imidazole rings is 1. The van der Waals surface area contributed by atoms with Crippen molar-refractivity contribution in [3.8, 4) is 5.82 Å². The lowest BCUT2D eigenvalue weighted by atomic mass is 10.1. The number of hydrogen-bond donors (Lipinski definition) is 2. The van der Waals surface area contributed by atoms with Crippen molar-refractivity contribution in [1.82, 2.24) is 19.9 Å². The van der Waals surface area contributed by atoms with E-state index in [9.17, 15) is 4.79 Å². The molecule has 0 aliphatic carbocycles. The van der Waals surface area contributed by atoms with Crippen LogP contribution in [-0.4, -0.2) is 33.0 Å². The van der Waals surface area contributed by atoms with E-state index in [4.69, 9.17) is 4.98 Å². The van der Waals surface area contributed by atoms with Gasteiger partial charge in [-0.3, -0.25) is 9.36 Å². The van der Waals surface area contributed by atoms with E-state index in [1.807, 2.05) is 29.8 Å². The number of aromatic nitrogens is 3. The summed E-state index contributed by atoms with van der Waals surface area (Å²) in [6.45, 7) is 4.80. The lowest BCUT2D eigenvalue weighted by Gasteiger charge is -2.10. The van der Waals surface area contributed by atoms with Crippen molar-refractivity contribution in [3.63, 3.8) is 0 Å². The second-order valence-electron chi connectivity index (χ2n) is 6.80. The van der Waals surface area contributed by atoms with E-state index in [0.29, 0.717) is 6.54 Å². The second kappa shape index (κ2) is 6.06. The zero-order chi connectivity index (χ0) is 18.5. The Morgan fingerprint density at radius 3 is 3.04 bits per heavy atom. The summed E-state index contributed by atoms with van der Waals surface area (Å²) in [4.78, 5) is 22.5. The molecule has 1 aromatic carbocycles. The van der Waals surface area contributed by atoms with Gasteiger partial charge in [0.1, 0.15) is 16.5 Å². The molecule has 3 aromatic heterocycles. The average Bonchev–Trinajstić information content (AvgIpc) is 3.27. The molecule has 0 bridgehead atoms. The molecule has 5 rings (SSSR count). The number of rotatable bonds is 2. The third-order valence-corrected chi connectivity index (χ3v) is 6.11. The molecule has 136 valence electrons. The quantitative estimate of drug-likeness (QED) is 0.558. The molecular formula is C20H19N5OS. The predicted molar refractivity (Wildman–Crippen MR) is 109 cm³/mol. The van der Waals surface area contributed by atoms with Crippen LogP contribution in [-0.2, 0) is 6.42 Å². The number of fused-ring (bicyclic) bond motifs is 5. The number of benzene rings is 1. The first-order valence-corrected chi connectivity index (χ1v) is 9.91. The van der Waals surface area contributed by atoms with Crippen molar-refractivity contribution >= 4 is 43.9 Å². The Morgan fingerprint density at radius 2 is 2.19 bits per heavy atom. The molecule has 27 heavy (non-hydrogen) atoms. The van der Waals surface area contributed by atoms with E-state index < -0.39 is 0 Å². The van der Waals surface area contributed by atoms with E-state index in [1.165, 1.54) is 11.3 Å². The molecule has 4 aromatic rings. The molecule has 7 heteroatoms. The van der Waals surface area contributed by atoms with E-state index in [1.54, 1.807) is 6.20 Å². The number of aryl methyl sites for hydroxylation is 1. The summed E-state index contributed by atoms with van der Waals surface area (Å²) < 4.78 is 3.11. The Morgan fingerprint density at radius 1 is 1.30 bits per heavy atom. The number of pyridine rings is 1. The molecule has 6 nitrogen and oxygen atoms in total. The van der Waals surface area contributed by atoms with Crippen molar-refractivity contribution in [1.29, 1.82) is 0 Å². The minimum absolute atomic E-state index is 0.00701. The summed E-state index contributed by atoms with van der Waals surface area (Å²) in [7, 11) is 0. The van der Waals surface area contributed by atoms with Gasteiger partial charge in [-0.2, -0.15) is 0 Å². The standard InChI is InChI=1S/C20H19N5OS/c1-3-15-21-8-9-25(15)16-7-4-12-13(24-16)5-6-14-17(12)18-19(27-14)20(26)23-11(2)10-22-18/h4-9,11,22H,3,10H2,1-2H3,(H,23,26)/t11-/m1/s1. The monoisotopic (exact) mass is 377 g/mol. The number of carbonyl (C=O) groups is 1. The second-order valence-corrected chi connectivity index (χ2v) is 7.86. The van der Waals surface area contributed by atoms with Gasteiger partial charge in [-0.05, 0) is 31.2 Å². The number of anilines is 1. The van der Waals surface area contributed by atoms with Crippen LogP contribution >= 0.6 is 11.3 Å². The van der Waals surface area contributed by atoms with Crippen LogP contribution in [0.4, 0.5) is 5.69 Å². The maximum absolute atomic E-state index is 12.5. The van der Waals surface area contributed by atoms with Gasteiger partial charge in [0.15, 0.2) is 0 Å². The van der Waals surface area contributed by atoms with Gasteiger partial charge in [0.2, 0.25) is 0 Å². The van der Waals surface area contributed by atoms with Crippen molar-refractivity contribution < 1.29 is 4.79 Å². The SMILES string of the molecule is CCc1nccn1-c1ccc2c(ccc3sc4c(c32)NC[C@@H](C)NC4=O)n1. The third kappa shape index (κ3) is 2.49. The Labute approximate surface area is 160 Å². The highest BCUT2D eigenvalue weighted by atomic mass is 32.1. The first kappa shape index (κ1) is 16.3. The lowest BCUT2D eigenvalue weighted by Crippen LogP contribution is -2.34. The van der Waals surface area contributed by atoms with Crippen molar-refractivity contribution in [2.45, 2.75) is 26.3 Å². The summed E-state index contributed by atoms with van der Waals surface area (Å²) >= 11 is 1.53. The molecule has 0 saturated heterocycles. The fourth-order valence-corrected chi connectivity index (χ4v) is 4.75. The molecule has 1 amide bonds. The third-order valence-electron chi connectivity index (χ3n) is 4.96. The van der Waals surface area contributed by atoms with Crippen LogP contribution in [0.3, 0.4) is 0 Å². The fraction of sp³-hybridized carbons (Fsp3) is 0.250. The zero-order valence-corrected chi connectivity index (χ0v) is 15.9. The van der Waals surface area contributed by atoms with Crippen LogP contribution in [0.15, 0.2) is 36.7 Å². The first-order valence-electron chi connectivity index (χ1n) is 9.09. The molecule has 1 aliphatic heterocycles. The van der Waals surface area contributed by atoms with Gasteiger partial charge in [0.05, 0.1) is 11.2 Å². The van der Waals surface area contributed by atoms with Crippen molar-refractivity contribution in [2.24, 2.45) is 0 Å². The van der Waals surface area contributed by atoms with Crippen LogP contribution in [0, 0.1) is 0 Å². The maximum Gasteiger partial charge on any atom is 0.263 e. The van der Waals surface area contributed by atoms with Gasteiger partial charge in [0, 0.05) is 46.9 Å². The highest BCUT2D eigenvalue weighted by molar-refractivity contribution is 7.21. The summed E-state index contributed by atoms with van der Waals surface area (Å²) in [6.07, 6.45) is 4.59. The molecule has 2 N–H and O–H groups in total. The molecule has 1 atom stereocenters. The van der Waals surface area contributed by atoms with Crippen LogP contribution < -0.4 is 10.6 Å². The number of hydrogen-bond acceptors (Lipinski definition) is 5. The van der Waals surface area contributed by atoms with Crippen molar-refractivity contribution in [3.05, 3.63) is 47.4 Å². The molecule has 0 radical (unpaired) electrons. The summed E-state index contributed by atoms with van der Waals surface area (Å²) in [5, 5.41) is 8.63. The largest absolute Gasteiger partial charge is 0.381 e. The van der Waals surface area contributed by atoms with Crippen molar-refractivity contribution in [2.75, 3.05) is 11.9 Å². The minimum Gasteiger partial charge on any atom is -0.381 e. The highest BCUT2D eigenvalue weighted by Crippen LogP contribution is 2.40. The Balaban J connectivity index is 1.73. The van der Waals surface area contributed by atoms with Crippen LogP contribution in [0.1, 0.15) is 29.3 Å². The van der Waals surface area contributed by atoms with Gasteiger partial charge in [0.25, 0.3) is 5.91 Å². The fourth-order valence-electron chi connectivity index (χ4n) is 3.65. The lowest BCUT2D eigenvalue weighted by molar-refractivity contribution is 0.0949. The average molecular weight is 377 g/mol. The normalized spacial score (nSPS) is 16.8. The van der Waals surface area contributed by atoms with Gasteiger partial charge in [-0.1, -0.05) is 6.92 Å². The molecule has 1 aliphatic rings. The maximum atomic E-state index is 12.5. The van der Waals surface area contributed by atoms with E-state index >= 15 is 0 Å². The van der Waals surface area contributed by atoms with E-state index in [0.717, 1.165) is 49.6 Å². The van der Waals surface area contributed by atoms with Crippen LogP contribution in [0.2, 0.25) is 0 Å². The van der Waals surface area contributed by atoms with Gasteiger partial charge < -0.3 is 10.6 Å². The van der Waals surface area contributed by atoms with E-state index in [-0.39, 0.29) is 11.9 Å². The molecule has 0 saturated carbocycles. The number of nitrogens with zero attached hydrogens (tertiary/aromatic N) is 3. The van der Waals surface area contributed by atoms with Crippen LogP contribution in [0.25, 0.3) is 26.8 Å². The van der Waals surface area contributed by atoms with Gasteiger partial charge in [-0.15, -0.1) is 11.3 Å². The number of nitrogens with one attached hydrogen (secondary N) is 2. The number of carbonyl (C=O) groups excluding carboxylic acids is 1. The summed E-state index contributed by atoms with van der Waals surface area (Å²) in [6, 6.07) is 8.30. The Hall–Kier alpha value is -2.93. The Bertz CT molecular complexity index is 1190. The highest BCUT2D eigenvalue weighted by Gasteiger charge is 2.24.